The van der Waals surface area contributed by atoms with E-state index in [2.05, 4.69) is 25.2 Å². The molecular weight excluding hydrogens is 286 g/mol. The molecule has 1 aliphatic rings. The molecular formula is C16H25NO3S. The second-order valence-electron chi connectivity index (χ2n) is 7.12. The van der Waals surface area contributed by atoms with Crippen molar-refractivity contribution < 1.29 is 13.2 Å². The van der Waals surface area contributed by atoms with E-state index in [1.165, 1.54) is 11.8 Å². The SMILES string of the molecule is CC1(C)Cc2cc(CNCC(C)(C)S(C)(=O)=O)ccc2O1. The maximum Gasteiger partial charge on any atom is 0.153 e. The van der Waals surface area contributed by atoms with Gasteiger partial charge in [0.2, 0.25) is 0 Å². The minimum Gasteiger partial charge on any atom is -0.487 e. The number of hydrogen-bond acceptors (Lipinski definition) is 4. The van der Waals surface area contributed by atoms with Gasteiger partial charge < -0.3 is 10.1 Å². The van der Waals surface area contributed by atoms with Gasteiger partial charge in [-0.25, -0.2) is 8.42 Å². The molecule has 1 N–H and O–H groups in total. The Morgan fingerprint density at radius 1 is 1.33 bits per heavy atom. The average molecular weight is 311 g/mol. The molecule has 1 heterocycles. The van der Waals surface area contributed by atoms with Crippen LogP contribution < -0.4 is 10.1 Å². The standard InChI is InChI=1S/C16H25NO3S/c1-15(2)9-13-8-12(6-7-14(13)20-15)10-17-11-16(3,4)21(5,18)19/h6-8,17H,9-11H2,1-5H3. The van der Waals surface area contributed by atoms with Crippen molar-refractivity contribution in [3.05, 3.63) is 29.3 Å². The second-order valence-corrected chi connectivity index (χ2v) is 9.77. The highest BCUT2D eigenvalue weighted by atomic mass is 32.2. The minimum absolute atomic E-state index is 0.132. The molecule has 0 amide bonds. The van der Waals surface area contributed by atoms with E-state index in [9.17, 15) is 8.42 Å². The highest BCUT2D eigenvalue weighted by Gasteiger charge is 2.31. The van der Waals surface area contributed by atoms with Gasteiger partial charge in [0.15, 0.2) is 9.84 Å². The van der Waals surface area contributed by atoms with Gasteiger partial charge in [-0.15, -0.1) is 0 Å². The quantitative estimate of drug-likeness (QED) is 0.906. The Hall–Kier alpha value is -1.07. The van der Waals surface area contributed by atoms with Gasteiger partial charge in [-0.05, 0) is 44.9 Å². The predicted molar refractivity (Wildman–Crippen MR) is 85.5 cm³/mol. The van der Waals surface area contributed by atoms with Crippen LogP contribution in [-0.4, -0.2) is 31.6 Å². The summed E-state index contributed by atoms with van der Waals surface area (Å²) in [7, 11) is -3.06. The van der Waals surface area contributed by atoms with E-state index >= 15 is 0 Å². The Kier molecular flexibility index (Phi) is 4.10. The number of sulfone groups is 1. The molecule has 0 bridgehead atoms. The largest absolute Gasteiger partial charge is 0.487 e. The molecule has 0 aromatic heterocycles. The Labute approximate surface area is 127 Å². The second kappa shape index (κ2) is 5.29. The van der Waals surface area contributed by atoms with E-state index in [0.29, 0.717) is 13.1 Å². The molecule has 1 aliphatic heterocycles. The van der Waals surface area contributed by atoms with Crippen molar-refractivity contribution in [2.75, 3.05) is 12.8 Å². The molecule has 0 unspecified atom stereocenters. The number of nitrogens with one attached hydrogen (secondary N) is 1. The monoisotopic (exact) mass is 311 g/mol. The lowest BCUT2D eigenvalue weighted by Crippen LogP contribution is -2.41. The van der Waals surface area contributed by atoms with E-state index in [0.717, 1.165) is 17.7 Å². The summed E-state index contributed by atoms with van der Waals surface area (Å²) >= 11 is 0. The Bertz CT molecular complexity index is 633. The van der Waals surface area contributed by atoms with Crippen molar-refractivity contribution >= 4 is 9.84 Å². The molecule has 0 spiro atoms. The molecule has 4 nitrogen and oxygen atoms in total. The summed E-state index contributed by atoms with van der Waals surface area (Å²) in [4.78, 5) is 0. The van der Waals surface area contributed by atoms with Crippen molar-refractivity contribution in [3.63, 3.8) is 0 Å². The average Bonchev–Trinajstić information content (AvgIpc) is 2.60. The van der Waals surface area contributed by atoms with Crippen LogP contribution in [0.4, 0.5) is 0 Å². The third-order valence-corrected chi connectivity index (χ3v) is 6.16. The van der Waals surface area contributed by atoms with Crippen molar-refractivity contribution in [1.29, 1.82) is 0 Å². The number of ether oxygens (including phenoxy) is 1. The number of fused-ring (bicyclic) bond motifs is 1. The van der Waals surface area contributed by atoms with Gasteiger partial charge in [-0.1, -0.05) is 12.1 Å². The van der Waals surface area contributed by atoms with Crippen molar-refractivity contribution in [3.8, 4) is 5.75 Å². The summed E-state index contributed by atoms with van der Waals surface area (Å²) in [5, 5.41) is 3.24. The van der Waals surface area contributed by atoms with Crippen molar-refractivity contribution in [2.24, 2.45) is 0 Å². The van der Waals surface area contributed by atoms with Gasteiger partial charge in [-0.2, -0.15) is 0 Å². The fourth-order valence-corrected chi connectivity index (χ4v) is 2.78. The van der Waals surface area contributed by atoms with Gasteiger partial charge in [0.1, 0.15) is 11.4 Å². The van der Waals surface area contributed by atoms with E-state index in [1.54, 1.807) is 13.8 Å². The van der Waals surface area contributed by atoms with Crippen LogP contribution in [-0.2, 0) is 22.8 Å². The highest BCUT2D eigenvalue weighted by molar-refractivity contribution is 7.92. The molecule has 0 aliphatic carbocycles. The van der Waals surface area contributed by atoms with Gasteiger partial charge in [0.05, 0.1) is 4.75 Å². The third kappa shape index (κ3) is 3.77. The van der Waals surface area contributed by atoms with Crippen LogP contribution in [0.5, 0.6) is 5.75 Å². The van der Waals surface area contributed by atoms with Crippen molar-refractivity contribution in [1.82, 2.24) is 5.32 Å². The van der Waals surface area contributed by atoms with E-state index in [-0.39, 0.29) is 5.60 Å². The molecule has 0 saturated heterocycles. The zero-order valence-electron chi connectivity index (χ0n) is 13.5. The molecule has 21 heavy (non-hydrogen) atoms. The zero-order valence-corrected chi connectivity index (χ0v) is 14.3. The van der Waals surface area contributed by atoms with E-state index in [4.69, 9.17) is 4.74 Å². The lowest BCUT2D eigenvalue weighted by Gasteiger charge is -2.22. The number of benzene rings is 1. The van der Waals surface area contributed by atoms with Gasteiger partial charge >= 0.3 is 0 Å². The maximum atomic E-state index is 11.7. The lowest BCUT2D eigenvalue weighted by atomic mass is 10.0. The van der Waals surface area contributed by atoms with Gasteiger partial charge in [0, 0.05) is 25.8 Å². The summed E-state index contributed by atoms with van der Waals surface area (Å²) in [6.45, 7) is 8.75. The summed E-state index contributed by atoms with van der Waals surface area (Å²) in [6, 6.07) is 6.17. The first-order valence-electron chi connectivity index (χ1n) is 7.21. The van der Waals surface area contributed by atoms with Crippen LogP contribution in [0.15, 0.2) is 18.2 Å². The first kappa shape index (κ1) is 16.3. The maximum absolute atomic E-state index is 11.7. The lowest BCUT2D eigenvalue weighted by molar-refractivity contribution is 0.138. The molecule has 0 saturated carbocycles. The fourth-order valence-electron chi connectivity index (χ4n) is 2.41. The van der Waals surface area contributed by atoms with Gasteiger partial charge in [-0.3, -0.25) is 0 Å². The Morgan fingerprint density at radius 2 is 2.00 bits per heavy atom. The molecule has 118 valence electrons. The number of rotatable bonds is 5. The highest BCUT2D eigenvalue weighted by Crippen LogP contribution is 2.35. The van der Waals surface area contributed by atoms with Crippen LogP contribution in [0.25, 0.3) is 0 Å². The van der Waals surface area contributed by atoms with Gasteiger partial charge in [0.25, 0.3) is 0 Å². The van der Waals surface area contributed by atoms with E-state index in [1.807, 2.05) is 12.1 Å². The Balaban J connectivity index is 1.98. The summed E-state index contributed by atoms with van der Waals surface area (Å²) in [5.41, 5.74) is 2.24. The normalized spacial score (nSPS) is 17.4. The summed E-state index contributed by atoms with van der Waals surface area (Å²) in [5.74, 6) is 0.959. The molecule has 2 rings (SSSR count). The summed E-state index contributed by atoms with van der Waals surface area (Å²) < 4.78 is 28.4. The molecule has 1 aromatic rings. The predicted octanol–water partition coefficient (Wildman–Crippen LogP) is 2.31. The van der Waals surface area contributed by atoms with Crippen LogP contribution >= 0.6 is 0 Å². The topological polar surface area (TPSA) is 55.4 Å². The van der Waals surface area contributed by atoms with E-state index < -0.39 is 14.6 Å². The summed E-state index contributed by atoms with van der Waals surface area (Å²) in [6.07, 6.45) is 2.19. The zero-order chi connectivity index (χ0) is 15.9. The van der Waals surface area contributed by atoms with Crippen LogP contribution in [0.1, 0.15) is 38.8 Å². The minimum atomic E-state index is -3.06. The van der Waals surface area contributed by atoms with Crippen LogP contribution in [0, 0.1) is 0 Å². The molecule has 0 fully saturated rings. The fraction of sp³-hybridized carbons (Fsp3) is 0.625. The third-order valence-electron chi connectivity index (χ3n) is 4.01. The molecule has 5 heteroatoms. The first-order chi connectivity index (χ1) is 9.50. The molecule has 0 atom stereocenters. The first-order valence-corrected chi connectivity index (χ1v) is 9.10. The Morgan fingerprint density at radius 3 is 2.62 bits per heavy atom. The van der Waals surface area contributed by atoms with Crippen LogP contribution in [0.2, 0.25) is 0 Å². The number of hydrogen-bond donors (Lipinski definition) is 1. The van der Waals surface area contributed by atoms with Crippen molar-refractivity contribution in [2.45, 2.75) is 51.0 Å². The molecule has 1 aromatic carbocycles. The van der Waals surface area contributed by atoms with Crippen LogP contribution in [0.3, 0.4) is 0 Å². The molecule has 0 radical (unpaired) electrons. The smallest absolute Gasteiger partial charge is 0.153 e.